The summed E-state index contributed by atoms with van der Waals surface area (Å²) in [6, 6.07) is 8.13. The number of rotatable bonds is 3. The zero-order chi connectivity index (χ0) is 11.4. The van der Waals surface area contributed by atoms with Gasteiger partial charge >= 0.3 is 0 Å². The van der Waals surface area contributed by atoms with E-state index in [1.54, 1.807) is 0 Å². The van der Waals surface area contributed by atoms with Crippen molar-refractivity contribution in [3.05, 3.63) is 34.3 Å². The van der Waals surface area contributed by atoms with Crippen molar-refractivity contribution in [2.75, 3.05) is 13.1 Å². The minimum atomic E-state index is 0. The number of halogens is 2. The van der Waals surface area contributed by atoms with Crippen molar-refractivity contribution in [3.8, 4) is 0 Å². The molecule has 2 N–H and O–H groups in total. The predicted molar refractivity (Wildman–Crippen MR) is 74.5 cm³/mol. The molecule has 1 amide bonds. The number of benzene rings is 1. The first-order valence-electron chi connectivity index (χ1n) is 5.49. The van der Waals surface area contributed by atoms with E-state index in [1.807, 2.05) is 24.3 Å². The standard InChI is InChI=1S/C12H15BrN2O.ClH/c13-11-4-2-1-3-9(11)7-12(16)15-10-5-6-14-8-10;/h1-4,10,14H,5-8H2,(H,15,16);1H. The van der Waals surface area contributed by atoms with E-state index in [-0.39, 0.29) is 18.3 Å². The Balaban J connectivity index is 0.00000144. The van der Waals surface area contributed by atoms with Crippen LogP contribution in [-0.2, 0) is 11.2 Å². The lowest BCUT2D eigenvalue weighted by Crippen LogP contribution is -2.37. The fourth-order valence-electron chi connectivity index (χ4n) is 1.87. The third kappa shape index (κ3) is 4.30. The number of nitrogens with one attached hydrogen (secondary N) is 2. The van der Waals surface area contributed by atoms with Crippen LogP contribution in [0.15, 0.2) is 28.7 Å². The van der Waals surface area contributed by atoms with Crippen molar-refractivity contribution in [2.24, 2.45) is 0 Å². The summed E-state index contributed by atoms with van der Waals surface area (Å²) in [6.07, 6.45) is 1.47. The molecular weight excluding hydrogens is 304 g/mol. The van der Waals surface area contributed by atoms with Gasteiger partial charge < -0.3 is 10.6 Å². The Bertz CT molecular complexity index is 381. The highest BCUT2D eigenvalue weighted by Gasteiger charge is 2.16. The van der Waals surface area contributed by atoms with Gasteiger partial charge in [0.15, 0.2) is 0 Å². The molecule has 1 heterocycles. The van der Waals surface area contributed by atoms with E-state index >= 15 is 0 Å². The fourth-order valence-corrected chi connectivity index (χ4v) is 2.30. The van der Waals surface area contributed by atoms with Crippen LogP contribution in [0.5, 0.6) is 0 Å². The second-order valence-electron chi connectivity index (χ2n) is 4.03. The summed E-state index contributed by atoms with van der Waals surface area (Å²) in [5.74, 6) is 0.0978. The van der Waals surface area contributed by atoms with Crippen LogP contribution >= 0.6 is 28.3 Å². The predicted octanol–water partition coefficient (Wildman–Crippen LogP) is 1.89. The van der Waals surface area contributed by atoms with Crippen LogP contribution in [0.4, 0.5) is 0 Å². The summed E-state index contributed by atoms with van der Waals surface area (Å²) in [7, 11) is 0. The molecule has 94 valence electrons. The van der Waals surface area contributed by atoms with Crippen molar-refractivity contribution in [1.82, 2.24) is 10.6 Å². The number of amides is 1. The number of carbonyl (C=O) groups is 1. The quantitative estimate of drug-likeness (QED) is 0.893. The zero-order valence-electron chi connectivity index (χ0n) is 9.41. The van der Waals surface area contributed by atoms with Gasteiger partial charge in [-0.1, -0.05) is 34.1 Å². The normalized spacial score (nSPS) is 18.5. The smallest absolute Gasteiger partial charge is 0.224 e. The van der Waals surface area contributed by atoms with Gasteiger partial charge in [0.05, 0.1) is 6.42 Å². The maximum atomic E-state index is 11.8. The van der Waals surface area contributed by atoms with Gasteiger partial charge in [-0.25, -0.2) is 0 Å². The first kappa shape index (κ1) is 14.5. The summed E-state index contributed by atoms with van der Waals surface area (Å²) in [5, 5.41) is 6.26. The summed E-state index contributed by atoms with van der Waals surface area (Å²) in [4.78, 5) is 11.8. The lowest BCUT2D eigenvalue weighted by atomic mass is 10.1. The first-order valence-corrected chi connectivity index (χ1v) is 6.28. The van der Waals surface area contributed by atoms with Crippen LogP contribution in [0.3, 0.4) is 0 Å². The van der Waals surface area contributed by atoms with Crippen molar-refractivity contribution in [2.45, 2.75) is 18.9 Å². The maximum absolute atomic E-state index is 11.8. The molecule has 1 aromatic rings. The molecule has 0 aromatic heterocycles. The molecule has 1 aliphatic heterocycles. The van der Waals surface area contributed by atoms with Crippen molar-refractivity contribution < 1.29 is 4.79 Å². The molecule has 0 spiro atoms. The molecular formula is C12H16BrClN2O. The molecule has 0 aliphatic carbocycles. The van der Waals surface area contributed by atoms with Crippen LogP contribution < -0.4 is 10.6 Å². The van der Waals surface area contributed by atoms with Crippen molar-refractivity contribution >= 4 is 34.2 Å². The highest BCUT2D eigenvalue weighted by Crippen LogP contribution is 2.16. The summed E-state index contributed by atoms with van der Waals surface area (Å²) in [5.41, 5.74) is 1.03. The Hall–Kier alpha value is -0.580. The third-order valence-electron chi connectivity index (χ3n) is 2.73. The molecule has 1 fully saturated rings. The average Bonchev–Trinajstić information content (AvgIpc) is 2.74. The molecule has 17 heavy (non-hydrogen) atoms. The summed E-state index contributed by atoms with van der Waals surface area (Å²) in [6.45, 7) is 1.89. The van der Waals surface area contributed by atoms with E-state index in [9.17, 15) is 4.79 Å². The largest absolute Gasteiger partial charge is 0.352 e. The second kappa shape index (κ2) is 6.99. The van der Waals surface area contributed by atoms with Crippen LogP contribution in [-0.4, -0.2) is 25.0 Å². The van der Waals surface area contributed by atoms with Crippen LogP contribution in [0, 0.1) is 0 Å². The van der Waals surface area contributed by atoms with Gasteiger partial charge in [0.2, 0.25) is 5.91 Å². The van der Waals surface area contributed by atoms with Crippen LogP contribution in [0.1, 0.15) is 12.0 Å². The van der Waals surface area contributed by atoms with Gasteiger partial charge in [0.25, 0.3) is 0 Å². The molecule has 1 saturated heterocycles. The van der Waals surface area contributed by atoms with Gasteiger partial charge in [-0.2, -0.15) is 0 Å². The lowest BCUT2D eigenvalue weighted by molar-refractivity contribution is -0.121. The highest BCUT2D eigenvalue weighted by atomic mass is 79.9. The summed E-state index contributed by atoms with van der Waals surface area (Å²) >= 11 is 3.45. The van der Waals surface area contributed by atoms with E-state index in [0.717, 1.165) is 29.5 Å². The second-order valence-corrected chi connectivity index (χ2v) is 4.88. The molecule has 3 nitrogen and oxygen atoms in total. The van der Waals surface area contributed by atoms with Gasteiger partial charge in [-0.15, -0.1) is 12.4 Å². The Labute approximate surface area is 116 Å². The van der Waals surface area contributed by atoms with Crippen LogP contribution in [0.2, 0.25) is 0 Å². The first-order chi connectivity index (χ1) is 7.75. The zero-order valence-corrected chi connectivity index (χ0v) is 11.8. The molecule has 0 saturated carbocycles. The average molecular weight is 320 g/mol. The fraction of sp³-hybridized carbons (Fsp3) is 0.417. The van der Waals surface area contributed by atoms with E-state index < -0.39 is 0 Å². The molecule has 1 aromatic carbocycles. The number of carbonyl (C=O) groups excluding carboxylic acids is 1. The van der Waals surface area contributed by atoms with Gasteiger partial charge in [0.1, 0.15) is 0 Å². The van der Waals surface area contributed by atoms with E-state index in [1.165, 1.54) is 0 Å². The lowest BCUT2D eigenvalue weighted by Gasteiger charge is -2.11. The maximum Gasteiger partial charge on any atom is 0.224 e. The Morgan fingerprint density at radius 3 is 2.88 bits per heavy atom. The minimum absolute atomic E-state index is 0. The van der Waals surface area contributed by atoms with Gasteiger partial charge in [-0.3, -0.25) is 4.79 Å². The number of hydrogen-bond donors (Lipinski definition) is 2. The molecule has 1 unspecified atom stereocenters. The van der Waals surface area contributed by atoms with Crippen molar-refractivity contribution in [3.63, 3.8) is 0 Å². The van der Waals surface area contributed by atoms with Crippen molar-refractivity contribution in [1.29, 1.82) is 0 Å². The molecule has 0 bridgehead atoms. The Morgan fingerprint density at radius 1 is 1.47 bits per heavy atom. The molecule has 0 radical (unpaired) electrons. The Kier molecular flexibility index (Phi) is 5.95. The number of hydrogen-bond acceptors (Lipinski definition) is 2. The third-order valence-corrected chi connectivity index (χ3v) is 3.51. The topological polar surface area (TPSA) is 41.1 Å². The summed E-state index contributed by atoms with van der Waals surface area (Å²) < 4.78 is 0.995. The van der Waals surface area contributed by atoms with Gasteiger partial charge in [-0.05, 0) is 24.6 Å². The molecule has 1 aliphatic rings. The van der Waals surface area contributed by atoms with E-state index in [2.05, 4.69) is 26.6 Å². The monoisotopic (exact) mass is 318 g/mol. The minimum Gasteiger partial charge on any atom is -0.352 e. The van der Waals surface area contributed by atoms with Crippen LogP contribution in [0.25, 0.3) is 0 Å². The molecule has 2 rings (SSSR count). The van der Waals surface area contributed by atoms with E-state index in [0.29, 0.717) is 12.5 Å². The van der Waals surface area contributed by atoms with Gasteiger partial charge in [0, 0.05) is 17.1 Å². The van der Waals surface area contributed by atoms with E-state index in [4.69, 9.17) is 0 Å². The highest BCUT2D eigenvalue weighted by molar-refractivity contribution is 9.10. The SMILES string of the molecule is Cl.O=C(Cc1ccccc1Br)NC1CCNC1. The molecule has 5 heteroatoms. The Morgan fingerprint density at radius 2 is 2.24 bits per heavy atom. The molecule has 1 atom stereocenters.